The number of aromatic nitrogens is 2. The van der Waals surface area contributed by atoms with Gasteiger partial charge in [-0.25, -0.2) is 18.4 Å². The molecule has 0 unspecified atom stereocenters. The van der Waals surface area contributed by atoms with Crippen LogP contribution in [0.4, 0.5) is 13.2 Å². The second-order valence-corrected chi connectivity index (χ2v) is 12.3. The zero-order valence-electron chi connectivity index (χ0n) is 20.6. The van der Waals surface area contributed by atoms with Crippen molar-refractivity contribution in [3.05, 3.63) is 103 Å². The molecule has 0 bridgehead atoms. The lowest BCUT2D eigenvalue weighted by Gasteiger charge is -2.19. The van der Waals surface area contributed by atoms with Crippen molar-refractivity contribution in [1.82, 2.24) is 9.97 Å². The summed E-state index contributed by atoms with van der Waals surface area (Å²) in [5, 5.41) is 0.00740. The van der Waals surface area contributed by atoms with Crippen LogP contribution >= 0.6 is 0 Å². The van der Waals surface area contributed by atoms with Crippen LogP contribution in [-0.4, -0.2) is 33.1 Å². The van der Waals surface area contributed by atoms with Crippen LogP contribution in [0, 0.1) is 0 Å². The van der Waals surface area contributed by atoms with Crippen molar-refractivity contribution in [3.8, 4) is 28.1 Å². The molecule has 204 valence electrons. The highest BCUT2D eigenvalue weighted by molar-refractivity contribution is 7.90. The second-order valence-electron chi connectivity index (χ2n) is 8.77. The lowest BCUT2D eigenvalue weighted by atomic mass is 9.89. The van der Waals surface area contributed by atoms with E-state index in [1.165, 1.54) is 36.5 Å². The third-order valence-electron chi connectivity index (χ3n) is 6.11. The zero-order chi connectivity index (χ0) is 28.7. The molecular formula is C28H19F3N2O5S2. The molecule has 12 heteroatoms. The van der Waals surface area contributed by atoms with E-state index in [0.717, 1.165) is 18.6 Å². The first-order valence-corrected chi connectivity index (χ1v) is 14.9. The van der Waals surface area contributed by atoms with E-state index in [9.17, 15) is 30.0 Å². The highest BCUT2D eigenvalue weighted by Gasteiger charge is 2.40. The third kappa shape index (κ3) is 5.27. The Labute approximate surface area is 228 Å². The quantitative estimate of drug-likeness (QED) is 0.221. The van der Waals surface area contributed by atoms with Crippen molar-refractivity contribution in [3.63, 3.8) is 0 Å². The molecule has 5 aromatic rings. The van der Waals surface area contributed by atoms with Crippen LogP contribution in [0.2, 0.25) is 0 Å². The standard InChI is InChI=1S/C28H19F3N2O5S2/c1-39(34,35)20-9-7-18(8-10-20)21-11-12-23-22(26(21)19-5-3-2-4-6-19)13-14-24(28(29,30)31)27(23)40(36,37)38-25-15-16-32-17-33-25/h2-17H,1H3. The van der Waals surface area contributed by atoms with E-state index in [2.05, 4.69) is 9.97 Å². The van der Waals surface area contributed by atoms with Crippen LogP contribution < -0.4 is 4.18 Å². The molecule has 1 heterocycles. The lowest BCUT2D eigenvalue weighted by Crippen LogP contribution is -2.18. The number of hydrogen-bond acceptors (Lipinski definition) is 7. The summed E-state index contributed by atoms with van der Waals surface area (Å²) in [6.07, 6.45) is -1.73. The summed E-state index contributed by atoms with van der Waals surface area (Å²) in [5.41, 5.74) is 0.805. The average molecular weight is 585 g/mol. The first kappa shape index (κ1) is 27.3. The first-order chi connectivity index (χ1) is 18.9. The minimum Gasteiger partial charge on any atom is -0.358 e. The Morgan fingerprint density at radius 3 is 2.02 bits per heavy atom. The number of rotatable bonds is 6. The van der Waals surface area contributed by atoms with Crippen molar-refractivity contribution < 1.29 is 34.2 Å². The van der Waals surface area contributed by atoms with Crippen molar-refractivity contribution in [1.29, 1.82) is 0 Å². The normalized spacial score (nSPS) is 12.4. The molecule has 0 saturated carbocycles. The van der Waals surface area contributed by atoms with Gasteiger partial charge in [-0.3, -0.25) is 0 Å². The summed E-state index contributed by atoms with van der Waals surface area (Å²) in [7, 11) is -8.49. The second kappa shape index (κ2) is 10.0. The molecule has 4 aromatic carbocycles. The van der Waals surface area contributed by atoms with Crippen LogP contribution in [0.5, 0.6) is 5.88 Å². The molecule has 0 spiro atoms. The Bertz CT molecular complexity index is 1930. The molecule has 0 N–H and O–H groups in total. The molecule has 0 aliphatic heterocycles. The van der Waals surface area contributed by atoms with Crippen LogP contribution in [0.3, 0.4) is 0 Å². The molecule has 0 aliphatic rings. The first-order valence-electron chi connectivity index (χ1n) is 11.6. The number of fused-ring (bicyclic) bond motifs is 1. The average Bonchev–Trinajstić information content (AvgIpc) is 2.91. The molecular weight excluding hydrogens is 565 g/mol. The Morgan fingerprint density at radius 2 is 1.43 bits per heavy atom. The van der Waals surface area contributed by atoms with Gasteiger partial charge < -0.3 is 4.18 Å². The summed E-state index contributed by atoms with van der Waals surface area (Å²) in [6, 6.07) is 20.6. The highest BCUT2D eigenvalue weighted by atomic mass is 32.2. The molecule has 7 nitrogen and oxygen atoms in total. The van der Waals surface area contributed by atoms with Crippen LogP contribution in [0.25, 0.3) is 33.0 Å². The maximum atomic E-state index is 14.2. The number of halogens is 3. The highest BCUT2D eigenvalue weighted by Crippen LogP contribution is 2.44. The summed E-state index contributed by atoms with van der Waals surface area (Å²) < 4.78 is 98.1. The van der Waals surface area contributed by atoms with E-state index in [0.29, 0.717) is 28.3 Å². The Balaban J connectivity index is 1.83. The van der Waals surface area contributed by atoms with E-state index in [4.69, 9.17) is 4.18 Å². The summed E-state index contributed by atoms with van der Waals surface area (Å²) in [5.74, 6) is -0.439. The molecule has 1 aromatic heterocycles. The maximum Gasteiger partial charge on any atom is 0.417 e. The van der Waals surface area contributed by atoms with Crippen molar-refractivity contribution in [2.45, 2.75) is 16.0 Å². The van der Waals surface area contributed by atoms with Gasteiger partial charge in [-0.15, -0.1) is 0 Å². The molecule has 0 aliphatic carbocycles. The largest absolute Gasteiger partial charge is 0.417 e. The molecule has 40 heavy (non-hydrogen) atoms. The van der Waals surface area contributed by atoms with E-state index >= 15 is 0 Å². The van der Waals surface area contributed by atoms with Gasteiger partial charge in [0.2, 0.25) is 5.88 Å². The monoisotopic (exact) mass is 584 g/mol. The summed E-state index contributed by atoms with van der Waals surface area (Å²) >= 11 is 0. The van der Waals surface area contributed by atoms with Crippen LogP contribution in [-0.2, 0) is 26.1 Å². The maximum absolute atomic E-state index is 14.2. The van der Waals surface area contributed by atoms with Crippen LogP contribution in [0.1, 0.15) is 5.56 Å². The SMILES string of the molecule is CS(=O)(=O)c1ccc(-c2ccc3c(S(=O)(=O)Oc4ccncn4)c(C(F)(F)F)ccc3c2-c2ccccc2)cc1. The van der Waals surface area contributed by atoms with Gasteiger partial charge in [0.15, 0.2) is 9.84 Å². The van der Waals surface area contributed by atoms with Gasteiger partial charge in [-0.05, 0) is 45.8 Å². The van der Waals surface area contributed by atoms with Gasteiger partial charge in [0.25, 0.3) is 0 Å². The van der Waals surface area contributed by atoms with Gasteiger partial charge in [0, 0.05) is 23.9 Å². The molecule has 0 amide bonds. The smallest absolute Gasteiger partial charge is 0.358 e. The zero-order valence-corrected chi connectivity index (χ0v) is 22.3. The number of alkyl halides is 3. The molecule has 0 fully saturated rings. The van der Waals surface area contributed by atoms with Gasteiger partial charge in [-0.2, -0.15) is 21.6 Å². The van der Waals surface area contributed by atoms with E-state index < -0.39 is 42.5 Å². The fourth-order valence-electron chi connectivity index (χ4n) is 4.39. The number of benzene rings is 4. The topological polar surface area (TPSA) is 103 Å². The van der Waals surface area contributed by atoms with Crippen molar-refractivity contribution >= 4 is 30.7 Å². The Kier molecular flexibility index (Phi) is 6.84. The molecule has 0 saturated heterocycles. The minimum atomic E-state index is -5.03. The van der Waals surface area contributed by atoms with Gasteiger partial charge in [-0.1, -0.05) is 60.7 Å². The van der Waals surface area contributed by atoms with E-state index in [1.807, 2.05) is 0 Å². The van der Waals surface area contributed by atoms with Crippen molar-refractivity contribution in [2.24, 2.45) is 0 Å². The molecule has 5 rings (SSSR count). The summed E-state index contributed by atoms with van der Waals surface area (Å²) in [4.78, 5) is 6.38. The summed E-state index contributed by atoms with van der Waals surface area (Å²) in [6.45, 7) is 0. The Hall–Kier alpha value is -4.29. The van der Waals surface area contributed by atoms with Gasteiger partial charge in [0.1, 0.15) is 11.2 Å². The van der Waals surface area contributed by atoms with E-state index in [1.54, 1.807) is 42.5 Å². The predicted octanol–water partition coefficient (Wildman–Crippen LogP) is 6.15. The molecule has 0 atom stereocenters. The lowest BCUT2D eigenvalue weighted by molar-refractivity contribution is -0.139. The predicted molar refractivity (Wildman–Crippen MR) is 143 cm³/mol. The number of nitrogens with zero attached hydrogens (tertiary/aromatic N) is 2. The van der Waals surface area contributed by atoms with Crippen LogP contribution in [0.15, 0.2) is 107 Å². The fourth-order valence-corrected chi connectivity index (χ4v) is 6.33. The third-order valence-corrected chi connectivity index (χ3v) is 8.57. The number of hydrogen-bond donors (Lipinski definition) is 0. The van der Waals surface area contributed by atoms with Crippen molar-refractivity contribution in [2.75, 3.05) is 6.26 Å². The Morgan fingerprint density at radius 1 is 0.750 bits per heavy atom. The fraction of sp³-hybridized carbons (Fsp3) is 0.0714. The number of sulfone groups is 1. The van der Waals surface area contributed by atoms with Gasteiger partial charge in [0.05, 0.1) is 10.5 Å². The van der Waals surface area contributed by atoms with E-state index in [-0.39, 0.29) is 15.7 Å². The minimum absolute atomic E-state index is 0.100. The van der Waals surface area contributed by atoms with Gasteiger partial charge >= 0.3 is 16.3 Å². The molecule has 0 radical (unpaired) electrons.